The molecule has 2 aromatic rings. The molecule has 17 heavy (non-hydrogen) atoms. The molecule has 0 unspecified atom stereocenters. The van der Waals surface area contributed by atoms with Gasteiger partial charge in [-0.3, -0.25) is 0 Å². The fraction of sp³-hybridized carbons (Fsp3) is 0.333. The molecule has 1 aromatic heterocycles. The van der Waals surface area contributed by atoms with Crippen LogP contribution in [0.15, 0.2) is 12.1 Å². The van der Waals surface area contributed by atoms with Gasteiger partial charge in [0.15, 0.2) is 5.13 Å². The minimum Gasteiger partial charge on any atom is -0.465 e. The monoisotopic (exact) mass is 248 g/mol. The normalized spacial score (nSPS) is 15.1. The van der Waals surface area contributed by atoms with Crippen LogP contribution < -0.4 is 5.73 Å². The van der Waals surface area contributed by atoms with E-state index in [9.17, 15) is 4.79 Å². The highest BCUT2D eigenvalue weighted by Crippen LogP contribution is 2.44. The van der Waals surface area contributed by atoms with Crippen LogP contribution in [0.3, 0.4) is 0 Å². The average Bonchev–Trinajstić information content (AvgIpc) is 3.08. The van der Waals surface area contributed by atoms with Crippen molar-refractivity contribution in [2.45, 2.75) is 18.8 Å². The molecule has 0 bridgehead atoms. The van der Waals surface area contributed by atoms with Crippen molar-refractivity contribution in [3.05, 3.63) is 23.3 Å². The van der Waals surface area contributed by atoms with Crippen molar-refractivity contribution in [2.75, 3.05) is 12.8 Å². The summed E-state index contributed by atoms with van der Waals surface area (Å²) in [6.07, 6.45) is 2.33. The van der Waals surface area contributed by atoms with Crippen LogP contribution in [0, 0.1) is 0 Å². The first-order valence-corrected chi connectivity index (χ1v) is 6.29. The van der Waals surface area contributed by atoms with Crippen molar-refractivity contribution < 1.29 is 9.53 Å². The number of nitrogens with zero attached hydrogens (tertiary/aromatic N) is 1. The summed E-state index contributed by atoms with van der Waals surface area (Å²) in [6, 6.07) is 3.70. The number of carbonyl (C=O) groups excluding carboxylic acids is 1. The van der Waals surface area contributed by atoms with Gasteiger partial charge in [0.2, 0.25) is 0 Å². The predicted octanol–water partition coefficient (Wildman–Crippen LogP) is 2.54. The molecule has 5 heteroatoms. The van der Waals surface area contributed by atoms with Gasteiger partial charge in [0.25, 0.3) is 0 Å². The lowest BCUT2D eigenvalue weighted by Crippen LogP contribution is -2.01. The van der Waals surface area contributed by atoms with Crippen LogP contribution in [-0.2, 0) is 4.74 Å². The lowest BCUT2D eigenvalue weighted by Gasteiger charge is -2.04. The number of methoxy groups -OCH3 is 1. The Hall–Kier alpha value is -1.62. The first-order chi connectivity index (χ1) is 8.19. The van der Waals surface area contributed by atoms with Gasteiger partial charge >= 0.3 is 5.97 Å². The van der Waals surface area contributed by atoms with E-state index in [2.05, 4.69) is 4.98 Å². The minimum absolute atomic E-state index is 0.305. The molecule has 0 atom stereocenters. The maximum absolute atomic E-state index is 11.6. The van der Waals surface area contributed by atoms with Crippen LogP contribution >= 0.6 is 11.3 Å². The van der Waals surface area contributed by atoms with Gasteiger partial charge in [-0.15, -0.1) is 0 Å². The fourth-order valence-corrected chi connectivity index (χ4v) is 2.82. The molecule has 3 rings (SSSR count). The zero-order valence-electron chi connectivity index (χ0n) is 9.40. The van der Waals surface area contributed by atoms with Gasteiger partial charge in [-0.05, 0) is 36.5 Å². The number of fused-ring (bicyclic) bond motifs is 1. The van der Waals surface area contributed by atoms with Crippen LogP contribution in [0.25, 0.3) is 10.2 Å². The molecule has 1 heterocycles. The highest BCUT2D eigenvalue weighted by atomic mass is 32.1. The van der Waals surface area contributed by atoms with E-state index in [0.717, 1.165) is 28.6 Å². The third-order valence-corrected chi connectivity index (χ3v) is 3.81. The van der Waals surface area contributed by atoms with Crippen molar-refractivity contribution in [3.8, 4) is 0 Å². The first kappa shape index (κ1) is 10.5. The second kappa shape index (κ2) is 3.70. The zero-order valence-corrected chi connectivity index (χ0v) is 10.2. The number of ether oxygens (including phenoxy) is 1. The summed E-state index contributed by atoms with van der Waals surface area (Å²) in [6.45, 7) is 0. The number of hydrogen-bond acceptors (Lipinski definition) is 5. The largest absolute Gasteiger partial charge is 0.465 e. The maximum Gasteiger partial charge on any atom is 0.337 e. The summed E-state index contributed by atoms with van der Waals surface area (Å²) in [7, 11) is 1.39. The number of aromatic nitrogens is 1. The number of hydrogen-bond donors (Lipinski definition) is 1. The van der Waals surface area contributed by atoms with Gasteiger partial charge < -0.3 is 10.5 Å². The van der Waals surface area contributed by atoms with E-state index < -0.39 is 0 Å². The van der Waals surface area contributed by atoms with Crippen molar-refractivity contribution in [3.63, 3.8) is 0 Å². The molecular weight excluding hydrogens is 236 g/mol. The Morgan fingerprint density at radius 1 is 1.53 bits per heavy atom. The predicted molar refractivity (Wildman–Crippen MR) is 67.3 cm³/mol. The first-order valence-electron chi connectivity index (χ1n) is 5.47. The zero-order chi connectivity index (χ0) is 12.0. The van der Waals surface area contributed by atoms with E-state index >= 15 is 0 Å². The highest BCUT2D eigenvalue weighted by molar-refractivity contribution is 7.22. The Labute approximate surface area is 102 Å². The molecule has 0 radical (unpaired) electrons. The lowest BCUT2D eigenvalue weighted by molar-refractivity contribution is 0.0601. The topological polar surface area (TPSA) is 65.2 Å². The van der Waals surface area contributed by atoms with Gasteiger partial charge in [-0.2, -0.15) is 0 Å². The molecule has 2 N–H and O–H groups in total. The second-order valence-corrected chi connectivity index (χ2v) is 5.29. The second-order valence-electron chi connectivity index (χ2n) is 4.23. The Balaban J connectivity index is 2.22. The lowest BCUT2D eigenvalue weighted by atomic mass is 10.1. The number of benzene rings is 1. The Kier molecular flexibility index (Phi) is 2.29. The van der Waals surface area contributed by atoms with Gasteiger partial charge in [0, 0.05) is 0 Å². The Bertz CT molecular complexity index is 602. The molecule has 1 fully saturated rings. The number of rotatable bonds is 2. The Morgan fingerprint density at radius 3 is 2.94 bits per heavy atom. The van der Waals surface area contributed by atoms with Crippen LogP contribution in [0.1, 0.15) is 34.7 Å². The maximum atomic E-state index is 11.6. The van der Waals surface area contributed by atoms with Crippen LogP contribution in [0.5, 0.6) is 0 Å². The summed E-state index contributed by atoms with van der Waals surface area (Å²) < 4.78 is 5.73. The fourth-order valence-electron chi connectivity index (χ4n) is 2.01. The van der Waals surface area contributed by atoms with E-state index in [4.69, 9.17) is 10.5 Å². The van der Waals surface area contributed by atoms with Gasteiger partial charge in [-0.25, -0.2) is 9.78 Å². The molecular formula is C12H12N2O2S. The molecule has 0 aliphatic heterocycles. The smallest absolute Gasteiger partial charge is 0.337 e. The molecule has 1 saturated carbocycles. The Morgan fingerprint density at radius 2 is 2.29 bits per heavy atom. The number of nitrogen functional groups attached to an aromatic ring is 1. The molecule has 0 spiro atoms. The number of esters is 1. The van der Waals surface area contributed by atoms with Crippen molar-refractivity contribution >= 4 is 32.7 Å². The summed E-state index contributed by atoms with van der Waals surface area (Å²) >= 11 is 1.41. The van der Waals surface area contributed by atoms with Crippen molar-refractivity contribution in [1.29, 1.82) is 0 Å². The third-order valence-electron chi connectivity index (χ3n) is 2.98. The number of thiazole rings is 1. The molecule has 1 aliphatic carbocycles. The molecule has 1 aromatic carbocycles. The third kappa shape index (κ3) is 1.76. The van der Waals surface area contributed by atoms with E-state index in [-0.39, 0.29) is 5.97 Å². The van der Waals surface area contributed by atoms with Crippen LogP contribution in [0.4, 0.5) is 5.13 Å². The standard InChI is InChI=1S/C12H12N2O2S/c1-16-11(15)7-4-8(6-2-3-6)10-9(5-7)17-12(13)14-10/h4-6H,2-3H2,1H3,(H2,13,14). The van der Waals surface area contributed by atoms with Gasteiger partial charge in [0.1, 0.15) is 0 Å². The minimum atomic E-state index is -0.305. The quantitative estimate of drug-likeness (QED) is 0.829. The average molecular weight is 248 g/mol. The summed E-state index contributed by atoms with van der Waals surface area (Å²) in [4.78, 5) is 15.9. The summed E-state index contributed by atoms with van der Waals surface area (Å²) in [5.74, 6) is 0.226. The highest BCUT2D eigenvalue weighted by Gasteiger charge is 2.28. The van der Waals surface area contributed by atoms with E-state index in [0.29, 0.717) is 16.6 Å². The molecule has 88 valence electrons. The van der Waals surface area contributed by atoms with E-state index in [1.165, 1.54) is 18.4 Å². The summed E-state index contributed by atoms with van der Waals surface area (Å²) in [5.41, 5.74) is 8.40. The van der Waals surface area contributed by atoms with Crippen molar-refractivity contribution in [2.24, 2.45) is 0 Å². The number of carbonyl (C=O) groups is 1. The van der Waals surface area contributed by atoms with Gasteiger partial charge in [-0.1, -0.05) is 11.3 Å². The summed E-state index contributed by atoms with van der Waals surface area (Å²) in [5, 5.41) is 0.545. The van der Waals surface area contributed by atoms with Gasteiger partial charge in [0.05, 0.1) is 22.9 Å². The molecule has 0 saturated heterocycles. The molecule has 1 aliphatic rings. The van der Waals surface area contributed by atoms with E-state index in [1.54, 1.807) is 6.07 Å². The number of nitrogens with two attached hydrogens (primary N) is 1. The SMILES string of the molecule is COC(=O)c1cc(C2CC2)c2nc(N)sc2c1. The molecule has 0 amide bonds. The molecule has 4 nitrogen and oxygen atoms in total. The van der Waals surface area contributed by atoms with Crippen molar-refractivity contribution in [1.82, 2.24) is 4.98 Å². The number of anilines is 1. The van der Waals surface area contributed by atoms with E-state index in [1.807, 2.05) is 6.07 Å². The van der Waals surface area contributed by atoms with Crippen LogP contribution in [-0.4, -0.2) is 18.1 Å². The van der Waals surface area contributed by atoms with Crippen LogP contribution in [0.2, 0.25) is 0 Å².